The molecule has 4 heteroatoms. The molecule has 0 radical (unpaired) electrons. The van der Waals surface area contributed by atoms with E-state index >= 15 is 0 Å². The third-order valence-electron chi connectivity index (χ3n) is 3.24. The normalized spacial score (nSPS) is 11.1. The first-order valence-corrected chi connectivity index (χ1v) is 6.91. The highest BCUT2D eigenvalue weighted by molar-refractivity contribution is 5.78. The van der Waals surface area contributed by atoms with Gasteiger partial charge in [-0.25, -0.2) is 4.98 Å². The van der Waals surface area contributed by atoms with Gasteiger partial charge >= 0.3 is 0 Å². The number of rotatable bonds is 5. The second kappa shape index (κ2) is 5.84. The van der Waals surface area contributed by atoms with Crippen molar-refractivity contribution in [2.45, 2.75) is 20.0 Å². The first kappa shape index (κ1) is 12.8. The summed E-state index contributed by atoms with van der Waals surface area (Å²) in [6.45, 7) is 4.62. The molecule has 0 saturated heterocycles. The molecule has 0 atom stereocenters. The van der Waals surface area contributed by atoms with E-state index in [2.05, 4.69) is 51.2 Å². The summed E-state index contributed by atoms with van der Waals surface area (Å²) >= 11 is 0. The molecule has 20 heavy (non-hydrogen) atoms. The van der Waals surface area contributed by atoms with Crippen molar-refractivity contribution in [3.63, 3.8) is 0 Å². The summed E-state index contributed by atoms with van der Waals surface area (Å²) in [4.78, 5) is 9.06. The second-order valence-corrected chi connectivity index (χ2v) is 4.81. The number of hydrogen-bond acceptors (Lipinski definition) is 3. The summed E-state index contributed by atoms with van der Waals surface area (Å²) in [7, 11) is 0. The molecular formula is C16H18N4. The molecule has 4 nitrogen and oxygen atoms in total. The van der Waals surface area contributed by atoms with Crippen LogP contribution in [-0.2, 0) is 13.1 Å². The van der Waals surface area contributed by atoms with Crippen LogP contribution in [0, 0.1) is 0 Å². The highest BCUT2D eigenvalue weighted by atomic mass is 15.1. The molecule has 3 rings (SSSR count). The van der Waals surface area contributed by atoms with E-state index in [0.29, 0.717) is 0 Å². The lowest BCUT2D eigenvalue weighted by Crippen LogP contribution is -2.11. The largest absolute Gasteiger partial charge is 0.331 e. The van der Waals surface area contributed by atoms with E-state index in [4.69, 9.17) is 0 Å². The number of hydrogen-bond donors (Lipinski definition) is 1. The smallest absolute Gasteiger partial charge is 0.0953 e. The monoisotopic (exact) mass is 266 g/mol. The van der Waals surface area contributed by atoms with Crippen LogP contribution in [0.15, 0.2) is 48.9 Å². The Balaban J connectivity index is 1.76. The van der Waals surface area contributed by atoms with Crippen molar-refractivity contribution in [1.82, 2.24) is 19.9 Å². The maximum Gasteiger partial charge on any atom is 0.0953 e. The SMILES string of the molecule is CCNCc1cn(Cc2ccc3ccccc3n2)cn1. The zero-order chi connectivity index (χ0) is 13.8. The fourth-order valence-electron chi connectivity index (χ4n) is 2.22. The second-order valence-electron chi connectivity index (χ2n) is 4.81. The number of pyridine rings is 1. The fourth-order valence-corrected chi connectivity index (χ4v) is 2.22. The van der Waals surface area contributed by atoms with E-state index in [0.717, 1.165) is 36.5 Å². The Kier molecular flexibility index (Phi) is 3.74. The lowest BCUT2D eigenvalue weighted by Gasteiger charge is -2.03. The Hall–Kier alpha value is -2.20. The zero-order valence-corrected chi connectivity index (χ0v) is 11.6. The minimum Gasteiger partial charge on any atom is -0.331 e. The molecule has 3 aromatic rings. The predicted molar refractivity (Wildman–Crippen MR) is 80.5 cm³/mol. The van der Waals surface area contributed by atoms with Gasteiger partial charge in [-0.05, 0) is 18.7 Å². The average molecular weight is 266 g/mol. The van der Waals surface area contributed by atoms with Crippen molar-refractivity contribution >= 4 is 10.9 Å². The van der Waals surface area contributed by atoms with Crippen LogP contribution in [0.25, 0.3) is 10.9 Å². The van der Waals surface area contributed by atoms with Gasteiger partial charge in [0, 0.05) is 18.1 Å². The molecular weight excluding hydrogens is 248 g/mol. The zero-order valence-electron chi connectivity index (χ0n) is 11.6. The van der Waals surface area contributed by atoms with Gasteiger partial charge in [0.1, 0.15) is 0 Å². The summed E-state index contributed by atoms with van der Waals surface area (Å²) < 4.78 is 2.07. The molecule has 0 aliphatic carbocycles. The lowest BCUT2D eigenvalue weighted by molar-refractivity contribution is 0.711. The summed E-state index contributed by atoms with van der Waals surface area (Å²) in [6.07, 6.45) is 3.93. The molecule has 0 bridgehead atoms. The Morgan fingerprint density at radius 1 is 1.10 bits per heavy atom. The summed E-state index contributed by atoms with van der Waals surface area (Å²) in [6, 6.07) is 12.4. The Labute approximate surface area is 118 Å². The molecule has 0 unspecified atom stereocenters. The van der Waals surface area contributed by atoms with Gasteiger partial charge in [-0.2, -0.15) is 0 Å². The van der Waals surface area contributed by atoms with Crippen LogP contribution in [0.2, 0.25) is 0 Å². The molecule has 102 valence electrons. The Bertz CT molecular complexity index is 702. The quantitative estimate of drug-likeness (QED) is 0.772. The van der Waals surface area contributed by atoms with E-state index in [-0.39, 0.29) is 0 Å². The maximum absolute atomic E-state index is 4.68. The third-order valence-corrected chi connectivity index (χ3v) is 3.24. The molecule has 0 fully saturated rings. The van der Waals surface area contributed by atoms with E-state index in [9.17, 15) is 0 Å². The Morgan fingerprint density at radius 3 is 2.90 bits per heavy atom. The highest BCUT2D eigenvalue weighted by Gasteiger charge is 2.01. The Morgan fingerprint density at radius 2 is 2.00 bits per heavy atom. The number of nitrogens with zero attached hydrogens (tertiary/aromatic N) is 3. The van der Waals surface area contributed by atoms with Gasteiger partial charge in [0.15, 0.2) is 0 Å². The minimum absolute atomic E-state index is 0.754. The van der Waals surface area contributed by atoms with Gasteiger partial charge in [0.05, 0.1) is 29.8 Å². The van der Waals surface area contributed by atoms with Crippen LogP contribution in [0.4, 0.5) is 0 Å². The van der Waals surface area contributed by atoms with Gasteiger partial charge in [-0.15, -0.1) is 0 Å². The molecule has 2 aromatic heterocycles. The molecule has 0 aliphatic rings. The van der Waals surface area contributed by atoms with Crippen LogP contribution in [0.5, 0.6) is 0 Å². The van der Waals surface area contributed by atoms with Crippen molar-refractivity contribution in [2.24, 2.45) is 0 Å². The van der Waals surface area contributed by atoms with Crippen LogP contribution in [0.1, 0.15) is 18.3 Å². The lowest BCUT2D eigenvalue weighted by atomic mass is 10.2. The van der Waals surface area contributed by atoms with Crippen molar-refractivity contribution in [3.8, 4) is 0 Å². The molecule has 1 N–H and O–H groups in total. The number of nitrogens with one attached hydrogen (secondary N) is 1. The van der Waals surface area contributed by atoms with Gasteiger partial charge in [0.25, 0.3) is 0 Å². The number of para-hydroxylation sites is 1. The van der Waals surface area contributed by atoms with Gasteiger partial charge in [0.2, 0.25) is 0 Å². The van der Waals surface area contributed by atoms with Gasteiger partial charge in [-0.3, -0.25) is 4.98 Å². The number of benzene rings is 1. The average Bonchev–Trinajstić information content (AvgIpc) is 2.92. The molecule has 0 amide bonds. The van der Waals surface area contributed by atoms with Crippen molar-refractivity contribution in [2.75, 3.05) is 6.54 Å². The van der Waals surface area contributed by atoms with E-state index in [1.807, 2.05) is 24.5 Å². The first-order chi connectivity index (χ1) is 9.85. The fraction of sp³-hybridized carbons (Fsp3) is 0.250. The minimum atomic E-state index is 0.754. The first-order valence-electron chi connectivity index (χ1n) is 6.91. The van der Waals surface area contributed by atoms with Crippen LogP contribution >= 0.6 is 0 Å². The molecule has 0 spiro atoms. The van der Waals surface area contributed by atoms with Gasteiger partial charge < -0.3 is 9.88 Å². The van der Waals surface area contributed by atoms with Crippen molar-refractivity contribution in [3.05, 3.63) is 60.3 Å². The van der Waals surface area contributed by atoms with Crippen LogP contribution in [0.3, 0.4) is 0 Å². The maximum atomic E-state index is 4.68. The predicted octanol–water partition coefficient (Wildman–Crippen LogP) is 2.59. The molecule has 0 saturated carbocycles. The standard InChI is InChI=1S/C16H18N4/c1-2-17-9-15-11-20(12-18-15)10-14-8-7-13-5-3-4-6-16(13)19-14/h3-8,11-12,17H,2,9-10H2,1H3. The highest BCUT2D eigenvalue weighted by Crippen LogP contribution is 2.12. The van der Waals surface area contributed by atoms with Crippen molar-refractivity contribution < 1.29 is 0 Å². The third kappa shape index (κ3) is 2.86. The van der Waals surface area contributed by atoms with Crippen LogP contribution < -0.4 is 5.32 Å². The van der Waals surface area contributed by atoms with E-state index in [1.165, 1.54) is 5.39 Å². The van der Waals surface area contributed by atoms with Crippen molar-refractivity contribution in [1.29, 1.82) is 0 Å². The summed E-state index contributed by atoms with van der Waals surface area (Å²) in [5, 5.41) is 4.45. The topological polar surface area (TPSA) is 42.7 Å². The van der Waals surface area contributed by atoms with Crippen LogP contribution in [-0.4, -0.2) is 21.1 Å². The van der Waals surface area contributed by atoms with E-state index < -0.39 is 0 Å². The molecule has 2 heterocycles. The molecule has 1 aromatic carbocycles. The molecule has 0 aliphatic heterocycles. The number of aromatic nitrogens is 3. The summed E-state index contributed by atoms with van der Waals surface area (Å²) in [5.41, 5.74) is 3.15. The van der Waals surface area contributed by atoms with Gasteiger partial charge in [-0.1, -0.05) is 31.2 Å². The number of imidazole rings is 1. The number of fused-ring (bicyclic) bond motifs is 1. The summed E-state index contributed by atoms with van der Waals surface area (Å²) in [5.74, 6) is 0. The van der Waals surface area contributed by atoms with E-state index in [1.54, 1.807) is 0 Å².